The number of nitrogens with zero attached hydrogens (tertiary/aromatic N) is 1. The lowest BCUT2D eigenvalue weighted by molar-refractivity contribution is -0.158. The Morgan fingerprint density at radius 1 is 1.34 bits per heavy atom. The molecular weight excluding hydrogens is 384 g/mol. The highest BCUT2D eigenvalue weighted by Gasteiger charge is 2.28. The molecule has 3 rings (SSSR count). The maximum absolute atomic E-state index is 13.0. The van der Waals surface area contributed by atoms with E-state index in [0.29, 0.717) is 42.8 Å². The number of ether oxygens (including phenoxy) is 1. The van der Waals surface area contributed by atoms with Gasteiger partial charge in [0, 0.05) is 37.8 Å². The first-order valence-electron chi connectivity index (χ1n) is 8.90. The Kier molecular flexibility index (Phi) is 6.04. The summed E-state index contributed by atoms with van der Waals surface area (Å²) in [5, 5.41) is 26.3. The molecule has 0 atom stereocenters. The molecule has 1 aliphatic rings. The number of aliphatic hydroxyl groups is 1. The van der Waals surface area contributed by atoms with Crippen molar-refractivity contribution in [3.63, 3.8) is 0 Å². The maximum atomic E-state index is 13.0. The molecule has 154 valence electrons. The standard InChI is InChI=1S/C19H21F2N5O3/c1-19(20,21)29-13-4-2-12(3-5-13)25-18-16(17(22)11-8-23-9-11)14(6-7-24-18)26-15(28)10-27/h2-7,11,22-23,27H,8-10H2,1H3,(H2,24,25,26,28). The number of rotatable bonds is 8. The molecule has 1 fully saturated rings. The van der Waals surface area contributed by atoms with Crippen molar-refractivity contribution in [2.24, 2.45) is 5.92 Å². The first-order valence-corrected chi connectivity index (χ1v) is 8.90. The van der Waals surface area contributed by atoms with Gasteiger partial charge in [-0.15, -0.1) is 0 Å². The summed E-state index contributed by atoms with van der Waals surface area (Å²) in [6.45, 7) is 1.24. The predicted molar refractivity (Wildman–Crippen MR) is 104 cm³/mol. The number of carbonyl (C=O) groups excluding carboxylic acids is 1. The first kappa shape index (κ1) is 20.6. The Balaban J connectivity index is 1.88. The number of carbonyl (C=O) groups is 1. The van der Waals surface area contributed by atoms with Gasteiger partial charge in [0.25, 0.3) is 0 Å². The summed E-state index contributed by atoms with van der Waals surface area (Å²) in [5.41, 5.74) is 1.58. The molecule has 29 heavy (non-hydrogen) atoms. The number of benzene rings is 1. The fourth-order valence-corrected chi connectivity index (χ4v) is 2.77. The largest absolute Gasteiger partial charge is 0.433 e. The molecule has 0 unspecified atom stereocenters. The fourth-order valence-electron chi connectivity index (χ4n) is 2.77. The number of hydrogen-bond acceptors (Lipinski definition) is 7. The van der Waals surface area contributed by atoms with Crippen molar-refractivity contribution < 1.29 is 23.4 Å². The van der Waals surface area contributed by atoms with Gasteiger partial charge in [0.1, 0.15) is 18.2 Å². The molecule has 2 heterocycles. The van der Waals surface area contributed by atoms with Crippen LogP contribution < -0.4 is 20.7 Å². The van der Waals surface area contributed by atoms with Gasteiger partial charge in [-0.25, -0.2) is 4.98 Å². The summed E-state index contributed by atoms with van der Waals surface area (Å²) in [4.78, 5) is 15.9. The Labute approximate surface area is 165 Å². The van der Waals surface area contributed by atoms with Crippen LogP contribution in [-0.4, -0.2) is 47.5 Å². The molecule has 0 bridgehead atoms. The molecular formula is C19H21F2N5O3. The molecule has 0 saturated carbocycles. The van der Waals surface area contributed by atoms with Crippen LogP contribution in [0.5, 0.6) is 5.75 Å². The van der Waals surface area contributed by atoms with Crippen molar-refractivity contribution in [2.45, 2.75) is 13.0 Å². The van der Waals surface area contributed by atoms with E-state index in [1.54, 1.807) is 18.2 Å². The van der Waals surface area contributed by atoms with E-state index in [4.69, 9.17) is 10.5 Å². The molecule has 0 spiro atoms. The molecule has 1 aromatic heterocycles. The highest BCUT2D eigenvalue weighted by molar-refractivity contribution is 6.11. The highest BCUT2D eigenvalue weighted by atomic mass is 19.3. The molecule has 10 heteroatoms. The van der Waals surface area contributed by atoms with Crippen LogP contribution in [0.4, 0.5) is 26.0 Å². The Morgan fingerprint density at radius 2 is 2.03 bits per heavy atom. The van der Waals surface area contributed by atoms with Crippen LogP contribution in [0.3, 0.4) is 0 Å². The van der Waals surface area contributed by atoms with Gasteiger partial charge >= 0.3 is 6.11 Å². The number of pyridine rings is 1. The third-order valence-electron chi connectivity index (χ3n) is 4.24. The molecule has 0 aliphatic carbocycles. The van der Waals surface area contributed by atoms with E-state index in [0.717, 1.165) is 0 Å². The number of alkyl halides is 2. The van der Waals surface area contributed by atoms with Gasteiger partial charge < -0.3 is 31.2 Å². The number of nitrogens with one attached hydrogen (secondary N) is 4. The number of hydrogen-bond donors (Lipinski definition) is 5. The molecule has 1 amide bonds. The minimum Gasteiger partial charge on any atom is -0.433 e. The van der Waals surface area contributed by atoms with Crippen molar-refractivity contribution in [3.8, 4) is 5.75 Å². The van der Waals surface area contributed by atoms with E-state index in [2.05, 4.69) is 25.7 Å². The Bertz CT molecular complexity index is 896. The third kappa shape index (κ3) is 5.24. The topological polar surface area (TPSA) is 119 Å². The zero-order chi connectivity index (χ0) is 21.0. The van der Waals surface area contributed by atoms with Crippen LogP contribution in [0.15, 0.2) is 36.5 Å². The average Bonchev–Trinajstić information content (AvgIpc) is 2.60. The monoisotopic (exact) mass is 405 g/mol. The average molecular weight is 405 g/mol. The van der Waals surface area contributed by atoms with Gasteiger partial charge in [0.15, 0.2) is 0 Å². The maximum Gasteiger partial charge on any atom is 0.394 e. The molecule has 2 aromatic rings. The van der Waals surface area contributed by atoms with E-state index in [9.17, 15) is 13.6 Å². The minimum atomic E-state index is -3.28. The van der Waals surface area contributed by atoms with Crippen LogP contribution in [0.25, 0.3) is 0 Å². The summed E-state index contributed by atoms with van der Waals surface area (Å²) in [7, 11) is 0. The van der Waals surface area contributed by atoms with E-state index in [-0.39, 0.29) is 17.4 Å². The highest BCUT2D eigenvalue weighted by Crippen LogP contribution is 2.30. The second-order valence-corrected chi connectivity index (χ2v) is 6.62. The van der Waals surface area contributed by atoms with Crippen LogP contribution in [-0.2, 0) is 4.79 Å². The van der Waals surface area contributed by atoms with Gasteiger partial charge in [-0.3, -0.25) is 4.79 Å². The van der Waals surface area contributed by atoms with Crippen molar-refractivity contribution in [1.82, 2.24) is 10.3 Å². The molecule has 1 aliphatic heterocycles. The van der Waals surface area contributed by atoms with Crippen molar-refractivity contribution >= 4 is 28.8 Å². The van der Waals surface area contributed by atoms with E-state index in [1.165, 1.54) is 18.3 Å². The zero-order valence-electron chi connectivity index (χ0n) is 15.6. The van der Waals surface area contributed by atoms with Crippen LogP contribution >= 0.6 is 0 Å². The predicted octanol–water partition coefficient (Wildman–Crippen LogP) is 2.33. The van der Waals surface area contributed by atoms with Crippen LogP contribution in [0.2, 0.25) is 0 Å². The molecule has 1 saturated heterocycles. The molecule has 1 aromatic carbocycles. The quantitative estimate of drug-likeness (QED) is 0.430. The van der Waals surface area contributed by atoms with Gasteiger partial charge in [0.05, 0.1) is 17.0 Å². The lowest BCUT2D eigenvalue weighted by atomic mass is 9.91. The van der Waals surface area contributed by atoms with Crippen LogP contribution in [0, 0.1) is 11.3 Å². The smallest absolute Gasteiger partial charge is 0.394 e. The number of halogens is 2. The number of amides is 1. The number of anilines is 3. The minimum absolute atomic E-state index is 0.00785. The Hall–Kier alpha value is -3.11. The summed E-state index contributed by atoms with van der Waals surface area (Å²) in [6.07, 6.45) is -1.82. The first-order chi connectivity index (χ1) is 13.8. The summed E-state index contributed by atoms with van der Waals surface area (Å²) in [6, 6.07) is 7.41. The molecule has 0 radical (unpaired) electrons. The lowest BCUT2D eigenvalue weighted by Gasteiger charge is -2.29. The second kappa shape index (κ2) is 8.50. The second-order valence-electron chi connectivity index (χ2n) is 6.62. The third-order valence-corrected chi connectivity index (χ3v) is 4.24. The van der Waals surface area contributed by atoms with Crippen molar-refractivity contribution in [1.29, 1.82) is 5.41 Å². The lowest BCUT2D eigenvalue weighted by Crippen LogP contribution is -2.46. The molecule has 5 N–H and O–H groups in total. The SMILES string of the molecule is CC(F)(F)Oc1ccc(Nc2nccc(NC(=O)CO)c2C(=N)C2CNC2)cc1. The van der Waals surface area contributed by atoms with E-state index < -0.39 is 18.6 Å². The van der Waals surface area contributed by atoms with Crippen LogP contribution in [0.1, 0.15) is 12.5 Å². The van der Waals surface area contributed by atoms with Gasteiger partial charge in [-0.05, 0) is 30.3 Å². The van der Waals surface area contributed by atoms with Crippen molar-refractivity contribution in [2.75, 3.05) is 30.3 Å². The summed E-state index contributed by atoms with van der Waals surface area (Å²) < 4.78 is 30.4. The van der Waals surface area contributed by atoms with Crippen molar-refractivity contribution in [3.05, 3.63) is 42.1 Å². The number of aliphatic hydroxyl groups excluding tert-OH is 1. The number of aromatic nitrogens is 1. The fraction of sp³-hybridized carbons (Fsp3) is 0.316. The van der Waals surface area contributed by atoms with Gasteiger partial charge in [-0.1, -0.05) is 0 Å². The van der Waals surface area contributed by atoms with Gasteiger partial charge in [-0.2, -0.15) is 8.78 Å². The normalized spacial score (nSPS) is 14.1. The van der Waals surface area contributed by atoms with Gasteiger partial charge in [0.2, 0.25) is 5.91 Å². The zero-order valence-corrected chi connectivity index (χ0v) is 15.6. The Morgan fingerprint density at radius 3 is 2.59 bits per heavy atom. The molecule has 8 nitrogen and oxygen atoms in total. The van der Waals surface area contributed by atoms with E-state index in [1.807, 2.05) is 0 Å². The van der Waals surface area contributed by atoms with E-state index >= 15 is 0 Å². The summed E-state index contributed by atoms with van der Waals surface area (Å²) in [5.74, 6) is -0.308. The summed E-state index contributed by atoms with van der Waals surface area (Å²) >= 11 is 0.